The first-order chi connectivity index (χ1) is 8.74. The summed E-state index contributed by atoms with van der Waals surface area (Å²) in [7, 11) is 0. The van der Waals surface area contributed by atoms with Crippen molar-refractivity contribution in [2.45, 2.75) is 64.3 Å². The summed E-state index contributed by atoms with van der Waals surface area (Å²) >= 11 is 1.64. The Morgan fingerprint density at radius 3 is 2.56 bits per heavy atom. The first-order valence-electron chi connectivity index (χ1n) is 6.84. The van der Waals surface area contributed by atoms with Crippen molar-refractivity contribution in [3.8, 4) is 0 Å². The van der Waals surface area contributed by atoms with Crippen LogP contribution in [-0.2, 0) is 13.0 Å². The highest BCUT2D eigenvalue weighted by molar-refractivity contribution is 7.99. The molecule has 0 saturated carbocycles. The predicted octanol–water partition coefficient (Wildman–Crippen LogP) is 2.89. The maximum absolute atomic E-state index is 11.8. The molecule has 0 aliphatic heterocycles. The number of aromatic nitrogens is 3. The molecular weight excluding hydrogens is 246 g/mol. The van der Waals surface area contributed by atoms with Crippen LogP contribution in [0.4, 0.5) is 0 Å². The zero-order valence-electron chi connectivity index (χ0n) is 11.6. The number of rotatable bonds is 8. The van der Waals surface area contributed by atoms with Crippen molar-refractivity contribution in [2.75, 3.05) is 5.75 Å². The second-order valence-corrected chi connectivity index (χ2v) is 5.35. The van der Waals surface area contributed by atoms with Crippen LogP contribution in [0.5, 0.6) is 0 Å². The minimum atomic E-state index is -0.169. The maximum atomic E-state index is 11.8. The number of thioether (sulfide) groups is 1. The van der Waals surface area contributed by atoms with Gasteiger partial charge < -0.3 is 0 Å². The van der Waals surface area contributed by atoms with Crippen molar-refractivity contribution >= 4 is 11.8 Å². The maximum Gasteiger partial charge on any atom is 0.305 e. The van der Waals surface area contributed by atoms with E-state index in [0.29, 0.717) is 0 Å². The molecule has 0 saturated heterocycles. The minimum Gasteiger partial charge on any atom is -0.264 e. The molecule has 0 aliphatic carbocycles. The smallest absolute Gasteiger partial charge is 0.264 e. The number of hydrogen-bond acceptors (Lipinski definition) is 4. The average molecular weight is 269 g/mol. The fraction of sp³-hybridized carbons (Fsp3) is 0.769. The van der Waals surface area contributed by atoms with Crippen LogP contribution in [0, 0.1) is 0 Å². The molecule has 18 heavy (non-hydrogen) atoms. The van der Waals surface area contributed by atoms with Crippen molar-refractivity contribution in [2.24, 2.45) is 0 Å². The van der Waals surface area contributed by atoms with E-state index in [1.807, 2.05) is 11.6 Å². The number of aryl methyl sites for hydroxylation is 1. The molecule has 0 radical (unpaired) electrons. The molecule has 0 bridgehead atoms. The molecule has 0 atom stereocenters. The van der Waals surface area contributed by atoms with E-state index in [4.69, 9.17) is 0 Å². The molecule has 0 aromatic carbocycles. The van der Waals surface area contributed by atoms with Gasteiger partial charge in [-0.1, -0.05) is 43.4 Å². The van der Waals surface area contributed by atoms with Crippen LogP contribution in [0.1, 0.15) is 52.1 Å². The highest BCUT2D eigenvalue weighted by atomic mass is 32.2. The topological polar surface area (TPSA) is 47.8 Å². The molecule has 0 fully saturated rings. The summed E-state index contributed by atoms with van der Waals surface area (Å²) in [5.74, 6) is 0.998. The van der Waals surface area contributed by atoms with Gasteiger partial charge in [0.1, 0.15) is 0 Å². The van der Waals surface area contributed by atoms with Gasteiger partial charge in [0.15, 0.2) is 0 Å². The lowest BCUT2D eigenvalue weighted by Gasteiger charge is -2.11. The van der Waals surface area contributed by atoms with Gasteiger partial charge in [-0.25, -0.2) is 4.68 Å². The summed E-state index contributed by atoms with van der Waals surface area (Å²) in [5.41, 5.74) is 0.857. The van der Waals surface area contributed by atoms with E-state index in [9.17, 15) is 4.79 Å². The van der Waals surface area contributed by atoms with Crippen LogP contribution in [-0.4, -0.2) is 20.7 Å². The van der Waals surface area contributed by atoms with Crippen LogP contribution >= 0.6 is 11.8 Å². The van der Waals surface area contributed by atoms with Gasteiger partial charge in [0.2, 0.25) is 0 Å². The third-order valence-corrected chi connectivity index (χ3v) is 4.08. The highest BCUT2D eigenvalue weighted by Gasteiger charge is 2.11. The van der Waals surface area contributed by atoms with Crippen molar-refractivity contribution in [3.05, 3.63) is 16.0 Å². The molecule has 5 heteroatoms. The number of hydrogen-bond donors (Lipinski definition) is 0. The Bertz CT molecular complexity index is 417. The van der Waals surface area contributed by atoms with E-state index < -0.39 is 0 Å². The molecule has 0 spiro atoms. The van der Waals surface area contributed by atoms with Gasteiger partial charge in [0.05, 0.1) is 10.6 Å². The van der Waals surface area contributed by atoms with Gasteiger partial charge in [-0.05, 0) is 25.5 Å². The lowest BCUT2D eigenvalue weighted by Crippen LogP contribution is -2.22. The fourth-order valence-corrected chi connectivity index (χ4v) is 3.01. The first kappa shape index (κ1) is 15.2. The summed E-state index contributed by atoms with van der Waals surface area (Å²) in [5, 5.41) is 7.64. The molecule has 0 aliphatic rings. The van der Waals surface area contributed by atoms with Crippen molar-refractivity contribution in [3.63, 3.8) is 0 Å². The van der Waals surface area contributed by atoms with Gasteiger partial charge in [-0.2, -0.15) is 0 Å². The van der Waals surface area contributed by atoms with Gasteiger partial charge in [0.25, 0.3) is 0 Å². The SMILES string of the molecule is CCCCCCSc1c(CC)n(CC)nnc1=O. The largest absolute Gasteiger partial charge is 0.305 e. The van der Waals surface area contributed by atoms with Crippen molar-refractivity contribution < 1.29 is 0 Å². The standard InChI is InChI=1S/C13H23N3OS/c1-4-7-8-9-10-18-12-11(5-2)16(6-3)15-14-13(12)17/h4-10H2,1-3H3. The van der Waals surface area contributed by atoms with Gasteiger partial charge >= 0.3 is 5.56 Å². The second kappa shape index (κ2) is 8.29. The zero-order chi connectivity index (χ0) is 13.4. The van der Waals surface area contributed by atoms with Gasteiger partial charge in [0, 0.05) is 6.54 Å². The van der Waals surface area contributed by atoms with E-state index in [2.05, 4.69) is 24.2 Å². The number of nitrogens with zero attached hydrogens (tertiary/aromatic N) is 3. The van der Waals surface area contributed by atoms with Crippen LogP contribution in [0.2, 0.25) is 0 Å². The molecule has 0 N–H and O–H groups in total. The molecule has 1 aromatic rings. The van der Waals surface area contributed by atoms with Crippen LogP contribution in [0.25, 0.3) is 0 Å². The zero-order valence-corrected chi connectivity index (χ0v) is 12.4. The van der Waals surface area contributed by atoms with Gasteiger partial charge in [-0.3, -0.25) is 4.79 Å². The van der Waals surface area contributed by atoms with Crippen LogP contribution in [0.3, 0.4) is 0 Å². The summed E-state index contributed by atoms with van der Waals surface area (Å²) in [6.45, 7) is 7.05. The van der Waals surface area contributed by atoms with Crippen molar-refractivity contribution in [1.29, 1.82) is 0 Å². The lowest BCUT2D eigenvalue weighted by molar-refractivity contribution is 0.536. The molecule has 102 valence electrons. The Labute approximate surface area is 113 Å². The summed E-state index contributed by atoms with van der Waals surface area (Å²) in [6, 6.07) is 0. The quantitative estimate of drug-likeness (QED) is 0.538. The van der Waals surface area contributed by atoms with E-state index in [-0.39, 0.29) is 5.56 Å². The van der Waals surface area contributed by atoms with Crippen LogP contribution < -0.4 is 5.56 Å². The summed E-state index contributed by atoms with van der Waals surface area (Å²) in [6.07, 6.45) is 5.75. The van der Waals surface area contributed by atoms with Gasteiger partial charge in [-0.15, -0.1) is 11.8 Å². The van der Waals surface area contributed by atoms with Crippen molar-refractivity contribution in [1.82, 2.24) is 15.0 Å². The van der Waals surface area contributed by atoms with E-state index in [0.717, 1.165) is 35.7 Å². The number of unbranched alkanes of at least 4 members (excludes halogenated alkanes) is 3. The molecule has 0 amide bonds. The Morgan fingerprint density at radius 2 is 1.94 bits per heavy atom. The monoisotopic (exact) mass is 269 g/mol. The Kier molecular flexibility index (Phi) is 7.01. The highest BCUT2D eigenvalue weighted by Crippen LogP contribution is 2.20. The Hall–Kier alpha value is -0.840. The first-order valence-corrected chi connectivity index (χ1v) is 7.82. The summed E-state index contributed by atoms with van der Waals surface area (Å²) in [4.78, 5) is 12.6. The molecule has 0 unspecified atom stereocenters. The predicted molar refractivity (Wildman–Crippen MR) is 76.2 cm³/mol. The Balaban J connectivity index is 2.71. The fourth-order valence-electron chi connectivity index (χ4n) is 1.88. The molecule has 1 rings (SSSR count). The third-order valence-electron chi connectivity index (χ3n) is 2.89. The second-order valence-electron chi connectivity index (χ2n) is 4.25. The third kappa shape index (κ3) is 4.12. The van der Waals surface area contributed by atoms with E-state index >= 15 is 0 Å². The minimum absolute atomic E-state index is 0.169. The molecule has 1 heterocycles. The molecular formula is C13H23N3OS. The van der Waals surface area contributed by atoms with E-state index in [1.165, 1.54) is 19.3 Å². The summed E-state index contributed by atoms with van der Waals surface area (Å²) < 4.78 is 1.83. The molecule has 1 aromatic heterocycles. The Morgan fingerprint density at radius 1 is 1.17 bits per heavy atom. The average Bonchev–Trinajstić information content (AvgIpc) is 2.39. The van der Waals surface area contributed by atoms with Crippen LogP contribution in [0.15, 0.2) is 9.69 Å². The lowest BCUT2D eigenvalue weighted by atomic mass is 10.2. The molecule has 4 nitrogen and oxygen atoms in total. The van der Waals surface area contributed by atoms with E-state index in [1.54, 1.807) is 11.8 Å². The normalized spacial score (nSPS) is 10.8.